The van der Waals surface area contributed by atoms with Crippen molar-refractivity contribution in [1.82, 2.24) is 0 Å². The quantitative estimate of drug-likeness (QED) is 0.665. The largest absolute Gasteiger partial charge is 0.466 e. The standard InChI is InChI=1S/C11H12ClF2NO3/c1-2-17-10(16)5-7-8(12)3-6(15)4-9(7)18-11(13)14/h3-4,11H,2,5,15H2,1H3. The zero-order chi connectivity index (χ0) is 13.7. The molecule has 1 aromatic carbocycles. The van der Waals surface area contributed by atoms with Gasteiger partial charge >= 0.3 is 12.6 Å². The molecule has 0 aliphatic rings. The first-order valence-electron chi connectivity index (χ1n) is 5.12. The van der Waals surface area contributed by atoms with Crippen LogP contribution in [0, 0.1) is 0 Å². The number of hydrogen-bond acceptors (Lipinski definition) is 4. The van der Waals surface area contributed by atoms with Crippen LogP contribution in [0.25, 0.3) is 0 Å². The molecule has 0 saturated heterocycles. The Balaban J connectivity index is 3.03. The van der Waals surface area contributed by atoms with Crippen molar-refractivity contribution >= 4 is 23.3 Å². The van der Waals surface area contributed by atoms with E-state index in [0.29, 0.717) is 0 Å². The number of rotatable bonds is 5. The van der Waals surface area contributed by atoms with Crippen molar-refractivity contribution in [3.05, 3.63) is 22.7 Å². The van der Waals surface area contributed by atoms with E-state index in [0.717, 1.165) is 0 Å². The average molecular weight is 280 g/mol. The number of nitrogen functional groups attached to an aromatic ring is 1. The van der Waals surface area contributed by atoms with Crippen LogP contribution >= 0.6 is 11.6 Å². The number of nitrogens with two attached hydrogens (primary N) is 1. The van der Waals surface area contributed by atoms with Gasteiger partial charge in [0.15, 0.2) is 0 Å². The fraction of sp³-hybridized carbons (Fsp3) is 0.364. The van der Waals surface area contributed by atoms with Crippen molar-refractivity contribution < 1.29 is 23.0 Å². The van der Waals surface area contributed by atoms with Crippen LogP contribution in [0.2, 0.25) is 5.02 Å². The van der Waals surface area contributed by atoms with Gasteiger partial charge in [-0.1, -0.05) is 11.6 Å². The molecule has 0 aliphatic heterocycles. The normalized spacial score (nSPS) is 10.5. The maximum atomic E-state index is 12.2. The molecular weight excluding hydrogens is 268 g/mol. The van der Waals surface area contributed by atoms with Gasteiger partial charge in [0, 0.05) is 17.3 Å². The smallest absolute Gasteiger partial charge is 0.387 e. The molecule has 18 heavy (non-hydrogen) atoms. The van der Waals surface area contributed by atoms with E-state index < -0.39 is 12.6 Å². The Bertz CT molecular complexity index is 441. The summed E-state index contributed by atoms with van der Waals surface area (Å²) in [5.41, 5.74) is 5.77. The highest BCUT2D eigenvalue weighted by atomic mass is 35.5. The van der Waals surface area contributed by atoms with Gasteiger partial charge in [0.25, 0.3) is 0 Å². The van der Waals surface area contributed by atoms with Crippen molar-refractivity contribution in [3.63, 3.8) is 0 Å². The summed E-state index contributed by atoms with van der Waals surface area (Å²) in [5, 5.41) is 0.0821. The van der Waals surface area contributed by atoms with Gasteiger partial charge in [0.05, 0.1) is 18.1 Å². The summed E-state index contributed by atoms with van der Waals surface area (Å²) in [4.78, 5) is 11.3. The van der Waals surface area contributed by atoms with E-state index in [4.69, 9.17) is 22.1 Å². The summed E-state index contributed by atoms with van der Waals surface area (Å²) in [6, 6.07) is 2.54. The molecule has 0 aliphatic carbocycles. The van der Waals surface area contributed by atoms with Gasteiger partial charge < -0.3 is 15.2 Å². The maximum absolute atomic E-state index is 12.2. The summed E-state index contributed by atoms with van der Waals surface area (Å²) >= 11 is 5.85. The summed E-state index contributed by atoms with van der Waals surface area (Å²) < 4.78 is 33.5. The monoisotopic (exact) mass is 279 g/mol. The lowest BCUT2D eigenvalue weighted by Crippen LogP contribution is -2.11. The van der Waals surface area contributed by atoms with Crippen LogP contribution in [0.15, 0.2) is 12.1 Å². The van der Waals surface area contributed by atoms with Crippen LogP contribution in [0.3, 0.4) is 0 Å². The average Bonchev–Trinajstić information content (AvgIpc) is 2.22. The van der Waals surface area contributed by atoms with E-state index in [2.05, 4.69) is 4.74 Å². The Kier molecular flexibility index (Phi) is 5.15. The molecule has 0 heterocycles. The van der Waals surface area contributed by atoms with Crippen molar-refractivity contribution in [2.24, 2.45) is 0 Å². The van der Waals surface area contributed by atoms with Gasteiger partial charge in [-0.25, -0.2) is 0 Å². The van der Waals surface area contributed by atoms with Gasteiger partial charge in [-0.2, -0.15) is 8.78 Å². The van der Waals surface area contributed by atoms with E-state index in [1.165, 1.54) is 12.1 Å². The molecule has 0 bridgehead atoms. The number of benzene rings is 1. The van der Waals surface area contributed by atoms with E-state index in [1.807, 2.05) is 0 Å². The molecule has 0 radical (unpaired) electrons. The second-order valence-electron chi connectivity index (χ2n) is 3.34. The lowest BCUT2D eigenvalue weighted by molar-refractivity contribution is -0.142. The zero-order valence-corrected chi connectivity index (χ0v) is 10.3. The Morgan fingerprint density at radius 2 is 2.17 bits per heavy atom. The molecule has 4 nitrogen and oxygen atoms in total. The molecule has 1 rings (SSSR count). The zero-order valence-electron chi connectivity index (χ0n) is 9.58. The first kappa shape index (κ1) is 14.5. The van der Waals surface area contributed by atoms with Crippen molar-refractivity contribution in [2.75, 3.05) is 12.3 Å². The number of halogens is 3. The third-order valence-electron chi connectivity index (χ3n) is 2.02. The molecule has 0 atom stereocenters. The predicted molar refractivity (Wildman–Crippen MR) is 62.8 cm³/mol. The molecule has 0 fully saturated rings. The summed E-state index contributed by atoms with van der Waals surface area (Å²) in [7, 11) is 0. The van der Waals surface area contributed by atoms with E-state index >= 15 is 0 Å². The van der Waals surface area contributed by atoms with Gasteiger partial charge in [-0.05, 0) is 13.0 Å². The molecule has 0 amide bonds. The van der Waals surface area contributed by atoms with Crippen LogP contribution in [-0.2, 0) is 16.0 Å². The fourth-order valence-electron chi connectivity index (χ4n) is 1.36. The molecule has 0 unspecified atom stereocenters. The maximum Gasteiger partial charge on any atom is 0.387 e. The minimum atomic E-state index is -3.02. The van der Waals surface area contributed by atoms with Gasteiger partial charge in [-0.3, -0.25) is 4.79 Å². The highest BCUT2D eigenvalue weighted by Gasteiger charge is 2.17. The molecule has 7 heteroatoms. The number of carbonyl (C=O) groups excluding carboxylic acids is 1. The summed E-state index contributed by atoms with van der Waals surface area (Å²) in [6.45, 7) is -1.20. The third-order valence-corrected chi connectivity index (χ3v) is 2.36. The second kappa shape index (κ2) is 6.39. The first-order valence-corrected chi connectivity index (χ1v) is 5.50. The number of hydrogen-bond donors (Lipinski definition) is 1. The minimum Gasteiger partial charge on any atom is -0.466 e. The van der Waals surface area contributed by atoms with Gasteiger partial charge in [0.1, 0.15) is 5.75 Å². The van der Waals surface area contributed by atoms with Gasteiger partial charge in [0.2, 0.25) is 0 Å². The molecule has 0 aromatic heterocycles. The summed E-state index contributed by atoms with van der Waals surface area (Å²) in [5.74, 6) is -0.800. The second-order valence-corrected chi connectivity index (χ2v) is 3.75. The Morgan fingerprint density at radius 1 is 1.50 bits per heavy atom. The SMILES string of the molecule is CCOC(=O)Cc1c(Cl)cc(N)cc1OC(F)F. The first-order chi connectivity index (χ1) is 8.43. The number of carbonyl (C=O) groups is 1. The number of anilines is 1. The van der Waals surface area contributed by atoms with E-state index in [1.54, 1.807) is 6.92 Å². The lowest BCUT2D eigenvalue weighted by Gasteiger charge is -2.13. The Hall–Kier alpha value is -1.56. The van der Waals surface area contributed by atoms with E-state index in [-0.39, 0.29) is 35.1 Å². The summed E-state index contributed by atoms with van der Waals surface area (Å²) in [6.07, 6.45) is -0.255. The van der Waals surface area contributed by atoms with E-state index in [9.17, 15) is 13.6 Å². The fourth-order valence-corrected chi connectivity index (χ4v) is 1.65. The van der Waals surface area contributed by atoms with Crippen LogP contribution in [-0.4, -0.2) is 19.2 Å². The molecule has 2 N–H and O–H groups in total. The highest BCUT2D eigenvalue weighted by Crippen LogP contribution is 2.31. The van der Waals surface area contributed by atoms with Crippen LogP contribution < -0.4 is 10.5 Å². The Labute approximate surface area is 108 Å². The van der Waals surface area contributed by atoms with Crippen LogP contribution in [0.4, 0.5) is 14.5 Å². The number of esters is 1. The molecule has 1 aromatic rings. The highest BCUT2D eigenvalue weighted by molar-refractivity contribution is 6.32. The Morgan fingerprint density at radius 3 is 2.72 bits per heavy atom. The molecule has 0 saturated carbocycles. The molecule has 100 valence electrons. The van der Waals surface area contributed by atoms with Crippen molar-refractivity contribution in [3.8, 4) is 5.75 Å². The van der Waals surface area contributed by atoms with Crippen molar-refractivity contribution in [2.45, 2.75) is 20.0 Å². The molecule has 0 spiro atoms. The lowest BCUT2D eigenvalue weighted by atomic mass is 10.1. The van der Waals surface area contributed by atoms with Crippen LogP contribution in [0.5, 0.6) is 5.75 Å². The van der Waals surface area contributed by atoms with Crippen molar-refractivity contribution in [1.29, 1.82) is 0 Å². The molecular formula is C11H12ClF2NO3. The van der Waals surface area contributed by atoms with Gasteiger partial charge in [-0.15, -0.1) is 0 Å². The van der Waals surface area contributed by atoms with Crippen LogP contribution in [0.1, 0.15) is 12.5 Å². The minimum absolute atomic E-state index is 0.0821. The third kappa shape index (κ3) is 4.03. The predicted octanol–water partition coefficient (Wildman–Crippen LogP) is 2.63. The number of alkyl halides is 2. The number of ether oxygens (including phenoxy) is 2. The topological polar surface area (TPSA) is 61.5 Å².